The molecule has 18 heavy (non-hydrogen) atoms. The van der Waals surface area contributed by atoms with Gasteiger partial charge in [0.05, 0.1) is 18.1 Å². The molecule has 0 saturated carbocycles. The van der Waals surface area contributed by atoms with Gasteiger partial charge < -0.3 is 10.0 Å². The van der Waals surface area contributed by atoms with Gasteiger partial charge in [0, 0.05) is 6.54 Å². The van der Waals surface area contributed by atoms with Crippen molar-refractivity contribution < 1.29 is 9.90 Å². The van der Waals surface area contributed by atoms with E-state index in [1.165, 1.54) is 0 Å². The number of hydrogen-bond donors (Lipinski definition) is 1. The summed E-state index contributed by atoms with van der Waals surface area (Å²) in [6.45, 7) is 4.74. The van der Waals surface area contributed by atoms with E-state index in [9.17, 15) is 9.90 Å². The number of aliphatic hydroxyl groups is 1. The number of hydrogen-bond acceptors (Lipinski definition) is 2. The SMILES string of the molecule is CC(C)(C(=O)N1CCC[C@@H]1CO)c1ccccc1. The van der Waals surface area contributed by atoms with Crippen LogP contribution in [0.1, 0.15) is 32.3 Å². The lowest BCUT2D eigenvalue weighted by Gasteiger charge is -2.32. The van der Waals surface area contributed by atoms with Crippen LogP contribution < -0.4 is 0 Å². The predicted molar refractivity (Wildman–Crippen MR) is 71.3 cm³/mol. The number of carbonyl (C=O) groups excluding carboxylic acids is 1. The lowest BCUT2D eigenvalue weighted by atomic mass is 9.83. The van der Waals surface area contributed by atoms with Crippen molar-refractivity contribution in [1.82, 2.24) is 4.90 Å². The largest absolute Gasteiger partial charge is 0.394 e. The van der Waals surface area contributed by atoms with Crippen LogP contribution in [0.25, 0.3) is 0 Å². The highest BCUT2D eigenvalue weighted by Gasteiger charge is 2.38. The highest BCUT2D eigenvalue weighted by molar-refractivity contribution is 5.87. The maximum absolute atomic E-state index is 12.7. The van der Waals surface area contributed by atoms with Gasteiger partial charge in [-0.05, 0) is 32.3 Å². The fourth-order valence-electron chi connectivity index (χ4n) is 2.63. The summed E-state index contributed by atoms with van der Waals surface area (Å²) >= 11 is 0. The Balaban J connectivity index is 2.22. The van der Waals surface area contributed by atoms with Crippen LogP contribution in [0.5, 0.6) is 0 Å². The van der Waals surface area contributed by atoms with Crippen LogP contribution in [0.4, 0.5) is 0 Å². The molecule has 0 spiro atoms. The third-order valence-electron chi connectivity index (χ3n) is 3.88. The Bertz CT molecular complexity index is 414. The molecular formula is C15H21NO2. The Morgan fingerprint density at radius 3 is 2.67 bits per heavy atom. The van der Waals surface area contributed by atoms with Crippen molar-refractivity contribution in [1.29, 1.82) is 0 Å². The van der Waals surface area contributed by atoms with E-state index in [4.69, 9.17) is 0 Å². The van der Waals surface area contributed by atoms with Crippen molar-refractivity contribution in [3.63, 3.8) is 0 Å². The summed E-state index contributed by atoms with van der Waals surface area (Å²) in [5.74, 6) is 0.116. The van der Waals surface area contributed by atoms with Crippen LogP contribution >= 0.6 is 0 Å². The van der Waals surface area contributed by atoms with E-state index in [-0.39, 0.29) is 18.6 Å². The molecule has 1 atom stereocenters. The fourth-order valence-corrected chi connectivity index (χ4v) is 2.63. The maximum Gasteiger partial charge on any atom is 0.232 e. The Morgan fingerprint density at radius 2 is 2.06 bits per heavy atom. The molecule has 1 fully saturated rings. The van der Waals surface area contributed by atoms with Gasteiger partial charge in [0.1, 0.15) is 0 Å². The second-order valence-corrected chi connectivity index (χ2v) is 5.47. The molecule has 2 rings (SSSR count). The molecule has 1 heterocycles. The van der Waals surface area contributed by atoms with Crippen LogP contribution in [0.15, 0.2) is 30.3 Å². The van der Waals surface area contributed by atoms with Gasteiger partial charge in [-0.25, -0.2) is 0 Å². The summed E-state index contributed by atoms with van der Waals surface area (Å²) in [5, 5.41) is 9.33. The first-order valence-corrected chi connectivity index (χ1v) is 6.55. The highest BCUT2D eigenvalue weighted by atomic mass is 16.3. The molecule has 1 aliphatic rings. The van der Waals surface area contributed by atoms with Crippen LogP contribution in [0, 0.1) is 0 Å². The maximum atomic E-state index is 12.7. The zero-order valence-corrected chi connectivity index (χ0v) is 11.1. The van der Waals surface area contributed by atoms with Crippen LogP contribution in [0.2, 0.25) is 0 Å². The number of benzene rings is 1. The molecule has 3 nitrogen and oxygen atoms in total. The van der Waals surface area contributed by atoms with Gasteiger partial charge >= 0.3 is 0 Å². The smallest absolute Gasteiger partial charge is 0.232 e. The number of nitrogens with zero attached hydrogens (tertiary/aromatic N) is 1. The molecule has 0 bridgehead atoms. The second kappa shape index (κ2) is 5.11. The summed E-state index contributed by atoms with van der Waals surface area (Å²) in [5.41, 5.74) is 0.498. The van der Waals surface area contributed by atoms with Crippen molar-refractivity contribution in [2.24, 2.45) is 0 Å². The third kappa shape index (κ3) is 2.27. The van der Waals surface area contributed by atoms with Crippen molar-refractivity contribution in [3.8, 4) is 0 Å². The monoisotopic (exact) mass is 247 g/mol. The first kappa shape index (κ1) is 13.1. The zero-order valence-electron chi connectivity index (χ0n) is 11.1. The Labute approximate surface area is 108 Å². The Hall–Kier alpha value is -1.35. The van der Waals surface area contributed by atoms with Crippen molar-refractivity contribution in [2.45, 2.75) is 38.1 Å². The van der Waals surface area contributed by atoms with E-state index in [0.29, 0.717) is 0 Å². The zero-order chi connectivity index (χ0) is 13.2. The normalized spacial score (nSPS) is 20.2. The van der Waals surface area contributed by atoms with Crippen LogP contribution in [0.3, 0.4) is 0 Å². The number of rotatable bonds is 3. The molecule has 1 saturated heterocycles. The molecule has 0 radical (unpaired) electrons. The molecular weight excluding hydrogens is 226 g/mol. The van der Waals surface area contributed by atoms with Gasteiger partial charge in [-0.1, -0.05) is 30.3 Å². The topological polar surface area (TPSA) is 40.5 Å². The first-order chi connectivity index (χ1) is 8.57. The number of amides is 1. The van der Waals surface area contributed by atoms with Crippen molar-refractivity contribution in [2.75, 3.05) is 13.2 Å². The van der Waals surface area contributed by atoms with Crippen LogP contribution in [-0.4, -0.2) is 35.1 Å². The fraction of sp³-hybridized carbons (Fsp3) is 0.533. The predicted octanol–water partition coefficient (Wildman–Crippen LogP) is 1.95. The molecule has 1 N–H and O–H groups in total. The summed E-state index contributed by atoms with van der Waals surface area (Å²) in [6, 6.07) is 9.84. The van der Waals surface area contributed by atoms with Gasteiger partial charge in [0.25, 0.3) is 0 Å². The Kier molecular flexibility index (Phi) is 3.71. The van der Waals surface area contributed by atoms with E-state index in [1.807, 2.05) is 49.1 Å². The average molecular weight is 247 g/mol. The van der Waals surface area contributed by atoms with Gasteiger partial charge in [0.2, 0.25) is 5.91 Å². The second-order valence-electron chi connectivity index (χ2n) is 5.47. The lowest BCUT2D eigenvalue weighted by molar-refractivity contribution is -0.137. The van der Waals surface area contributed by atoms with E-state index in [2.05, 4.69) is 0 Å². The van der Waals surface area contributed by atoms with Gasteiger partial charge in [0.15, 0.2) is 0 Å². The Morgan fingerprint density at radius 1 is 1.39 bits per heavy atom. The highest BCUT2D eigenvalue weighted by Crippen LogP contribution is 2.29. The summed E-state index contributed by atoms with van der Waals surface area (Å²) < 4.78 is 0. The minimum Gasteiger partial charge on any atom is -0.394 e. The van der Waals surface area contributed by atoms with E-state index < -0.39 is 5.41 Å². The third-order valence-corrected chi connectivity index (χ3v) is 3.88. The quantitative estimate of drug-likeness (QED) is 0.887. The van der Waals surface area contributed by atoms with Gasteiger partial charge in [-0.15, -0.1) is 0 Å². The number of likely N-dealkylation sites (tertiary alicyclic amines) is 1. The van der Waals surface area contributed by atoms with Crippen molar-refractivity contribution >= 4 is 5.91 Å². The van der Waals surface area contributed by atoms with E-state index >= 15 is 0 Å². The van der Waals surface area contributed by atoms with E-state index in [1.54, 1.807) is 0 Å². The molecule has 1 aliphatic heterocycles. The van der Waals surface area contributed by atoms with Gasteiger partial charge in [-0.3, -0.25) is 4.79 Å². The van der Waals surface area contributed by atoms with Gasteiger partial charge in [-0.2, -0.15) is 0 Å². The molecule has 1 aromatic carbocycles. The number of aliphatic hydroxyl groups excluding tert-OH is 1. The first-order valence-electron chi connectivity index (χ1n) is 6.55. The minimum atomic E-state index is -0.529. The molecule has 3 heteroatoms. The molecule has 1 amide bonds. The summed E-state index contributed by atoms with van der Waals surface area (Å²) in [4.78, 5) is 14.5. The minimum absolute atomic E-state index is 0.000451. The average Bonchev–Trinajstić information content (AvgIpc) is 2.87. The lowest BCUT2D eigenvalue weighted by Crippen LogP contribution is -2.46. The molecule has 0 aromatic heterocycles. The summed E-state index contributed by atoms with van der Waals surface area (Å²) in [6.07, 6.45) is 1.90. The molecule has 0 unspecified atom stereocenters. The van der Waals surface area contributed by atoms with E-state index in [0.717, 1.165) is 24.9 Å². The van der Waals surface area contributed by atoms with Crippen molar-refractivity contribution in [3.05, 3.63) is 35.9 Å². The van der Waals surface area contributed by atoms with Crippen LogP contribution in [-0.2, 0) is 10.2 Å². The molecule has 98 valence electrons. The standard InChI is InChI=1S/C15H21NO2/c1-15(2,12-7-4-3-5-8-12)14(18)16-10-6-9-13(16)11-17/h3-5,7-8,13,17H,6,9-11H2,1-2H3/t13-/m1/s1. The molecule has 1 aromatic rings. The number of carbonyl (C=O) groups is 1. The molecule has 0 aliphatic carbocycles. The summed E-state index contributed by atoms with van der Waals surface area (Å²) in [7, 11) is 0.